The van der Waals surface area contributed by atoms with Gasteiger partial charge in [-0.1, -0.05) is 24.3 Å². The standard InChI is InChI=1S/C20H17F2N3O2/c21-16-6-3-5-14(10-16)20(26)24-8-9-25-17(12-24)11-19(23-25)27-13-15-4-1-2-7-18(15)22/h1-7,10-11H,8-9,12-13H2. The summed E-state index contributed by atoms with van der Waals surface area (Å²) in [5.74, 6) is -0.607. The van der Waals surface area contributed by atoms with Gasteiger partial charge in [0.25, 0.3) is 5.91 Å². The minimum absolute atomic E-state index is 0.0784. The van der Waals surface area contributed by atoms with Gasteiger partial charge in [0.2, 0.25) is 5.88 Å². The van der Waals surface area contributed by atoms with Crippen molar-refractivity contribution in [2.24, 2.45) is 0 Å². The molecule has 138 valence electrons. The summed E-state index contributed by atoms with van der Waals surface area (Å²) in [4.78, 5) is 14.2. The lowest BCUT2D eigenvalue weighted by atomic mass is 10.1. The zero-order valence-corrected chi connectivity index (χ0v) is 14.4. The quantitative estimate of drug-likeness (QED) is 0.708. The van der Waals surface area contributed by atoms with Crippen molar-refractivity contribution >= 4 is 5.91 Å². The van der Waals surface area contributed by atoms with Crippen LogP contribution < -0.4 is 4.74 Å². The number of ether oxygens (including phenoxy) is 1. The van der Waals surface area contributed by atoms with Crippen LogP contribution in [0.5, 0.6) is 5.88 Å². The molecular formula is C20H17F2N3O2. The number of nitrogens with zero attached hydrogens (tertiary/aromatic N) is 3. The summed E-state index contributed by atoms with van der Waals surface area (Å²) in [5, 5.41) is 4.35. The smallest absolute Gasteiger partial charge is 0.254 e. The minimum atomic E-state index is -0.438. The van der Waals surface area contributed by atoms with Crippen LogP contribution in [0.1, 0.15) is 21.6 Å². The summed E-state index contributed by atoms with van der Waals surface area (Å²) < 4.78 is 34.4. The number of rotatable bonds is 4. The van der Waals surface area contributed by atoms with Gasteiger partial charge in [0.1, 0.15) is 18.2 Å². The lowest BCUT2D eigenvalue weighted by Gasteiger charge is -2.27. The second-order valence-electron chi connectivity index (χ2n) is 6.31. The maximum Gasteiger partial charge on any atom is 0.254 e. The Bertz CT molecular complexity index is 987. The molecular weight excluding hydrogens is 352 g/mol. The fourth-order valence-electron chi connectivity index (χ4n) is 3.06. The Kier molecular flexibility index (Phi) is 4.58. The first kappa shape index (κ1) is 17.2. The van der Waals surface area contributed by atoms with Crippen LogP contribution >= 0.6 is 0 Å². The van der Waals surface area contributed by atoms with Crippen LogP contribution in [0.25, 0.3) is 0 Å². The first-order chi connectivity index (χ1) is 13.1. The SMILES string of the molecule is O=C(c1cccc(F)c1)N1CCn2nc(OCc3ccccc3F)cc2C1. The number of hydrogen-bond acceptors (Lipinski definition) is 3. The van der Waals surface area contributed by atoms with Crippen molar-refractivity contribution in [1.82, 2.24) is 14.7 Å². The van der Waals surface area contributed by atoms with Gasteiger partial charge in [-0.05, 0) is 24.3 Å². The minimum Gasteiger partial charge on any atom is -0.472 e. The van der Waals surface area contributed by atoms with E-state index in [1.165, 1.54) is 24.3 Å². The number of halogens is 2. The summed E-state index contributed by atoms with van der Waals surface area (Å²) >= 11 is 0. The molecule has 0 N–H and O–H groups in total. The second kappa shape index (κ2) is 7.19. The van der Waals surface area contributed by atoms with Crippen molar-refractivity contribution in [3.05, 3.63) is 83.1 Å². The number of carbonyl (C=O) groups is 1. The molecule has 0 unspecified atom stereocenters. The van der Waals surface area contributed by atoms with Gasteiger partial charge in [-0.15, -0.1) is 5.10 Å². The van der Waals surface area contributed by atoms with E-state index in [9.17, 15) is 13.6 Å². The molecule has 1 aliphatic rings. The maximum atomic E-state index is 13.7. The van der Waals surface area contributed by atoms with E-state index in [4.69, 9.17) is 4.74 Å². The van der Waals surface area contributed by atoms with Crippen molar-refractivity contribution in [3.63, 3.8) is 0 Å². The van der Waals surface area contributed by atoms with E-state index in [2.05, 4.69) is 5.10 Å². The Morgan fingerprint density at radius 2 is 1.93 bits per heavy atom. The molecule has 0 aliphatic carbocycles. The molecule has 0 bridgehead atoms. The van der Waals surface area contributed by atoms with E-state index in [1.807, 2.05) is 0 Å². The molecule has 2 heterocycles. The molecule has 7 heteroatoms. The lowest BCUT2D eigenvalue weighted by Crippen LogP contribution is -2.38. The molecule has 1 aromatic heterocycles. The van der Waals surface area contributed by atoms with E-state index in [0.29, 0.717) is 36.6 Å². The van der Waals surface area contributed by atoms with Gasteiger partial charge in [0.05, 0.1) is 18.8 Å². The molecule has 0 saturated heterocycles. The first-order valence-electron chi connectivity index (χ1n) is 8.58. The van der Waals surface area contributed by atoms with Gasteiger partial charge in [-0.2, -0.15) is 0 Å². The molecule has 3 aromatic rings. The van der Waals surface area contributed by atoms with Crippen LogP contribution in [0.4, 0.5) is 8.78 Å². The summed E-state index contributed by atoms with van der Waals surface area (Å²) in [6.07, 6.45) is 0. The molecule has 2 aromatic carbocycles. The molecule has 5 nitrogen and oxygen atoms in total. The number of benzene rings is 2. The highest BCUT2D eigenvalue weighted by Gasteiger charge is 2.24. The molecule has 0 saturated carbocycles. The van der Waals surface area contributed by atoms with Crippen LogP contribution in [0.2, 0.25) is 0 Å². The molecule has 0 spiro atoms. The van der Waals surface area contributed by atoms with Crippen LogP contribution in [-0.2, 0) is 19.7 Å². The number of carbonyl (C=O) groups excluding carboxylic acids is 1. The fraction of sp³-hybridized carbons (Fsp3) is 0.200. The van der Waals surface area contributed by atoms with Gasteiger partial charge in [-0.3, -0.25) is 9.48 Å². The first-order valence-corrected chi connectivity index (χ1v) is 8.58. The van der Waals surface area contributed by atoms with E-state index < -0.39 is 5.82 Å². The topological polar surface area (TPSA) is 47.4 Å². The van der Waals surface area contributed by atoms with Gasteiger partial charge in [0, 0.05) is 23.7 Å². The highest BCUT2D eigenvalue weighted by molar-refractivity contribution is 5.94. The highest BCUT2D eigenvalue weighted by Crippen LogP contribution is 2.21. The molecule has 1 aliphatic heterocycles. The van der Waals surface area contributed by atoms with E-state index in [0.717, 1.165) is 5.69 Å². The van der Waals surface area contributed by atoms with Crippen LogP contribution in [0.3, 0.4) is 0 Å². The monoisotopic (exact) mass is 369 g/mol. The number of hydrogen-bond donors (Lipinski definition) is 0. The third-order valence-corrected chi connectivity index (χ3v) is 4.47. The Labute approximate surface area is 154 Å². The Morgan fingerprint density at radius 1 is 1.07 bits per heavy atom. The van der Waals surface area contributed by atoms with Crippen molar-refractivity contribution < 1.29 is 18.3 Å². The normalized spacial score (nSPS) is 13.3. The largest absolute Gasteiger partial charge is 0.472 e. The second-order valence-corrected chi connectivity index (χ2v) is 6.31. The summed E-state index contributed by atoms with van der Waals surface area (Å²) in [7, 11) is 0. The van der Waals surface area contributed by atoms with E-state index >= 15 is 0 Å². The van der Waals surface area contributed by atoms with Gasteiger partial charge in [-0.25, -0.2) is 8.78 Å². The van der Waals surface area contributed by atoms with Crippen molar-refractivity contribution in [1.29, 1.82) is 0 Å². The van der Waals surface area contributed by atoms with E-state index in [1.54, 1.807) is 39.9 Å². The molecule has 27 heavy (non-hydrogen) atoms. The Balaban J connectivity index is 1.44. The van der Waals surface area contributed by atoms with Crippen molar-refractivity contribution in [3.8, 4) is 5.88 Å². The third kappa shape index (κ3) is 3.67. The summed E-state index contributed by atoms with van der Waals surface area (Å²) in [6, 6.07) is 13.8. The number of aromatic nitrogens is 2. The zero-order chi connectivity index (χ0) is 18.8. The average Bonchev–Trinajstić information content (AvgIpc) is 3.09. The Morgan fingerprint density at radius 3 is 2.74 bits per heavy atom. The van der Waals surface area contributed by atoms with Crippen LogP contribution in [0.15, 0.2) is 54.6 Å². The fourth-order valence-corrected chi connectivity index (χ4v) is 3.06. The van der Waals surface area contributed by atoms with Crippen molar-refractivity contribution in [2.75, 3.05) is 6.54 Å². The van der Waals surface area contributed by atoms with Crippen LogP contribution in [-0.4, -0.2) is 27.1 Å². The van der Waals surface area contributed by atoms with Gasteiger partial charge in [0.15, 0.2) is 0 Å². The average molecular weight is 369 g/mol. The molecule has 0 radical (unpaired) electrons. The number of amides is 1. The van der Waals surface area contributed by atoms with Crippen molar-refractivity contribution in [2.45, 2.75) is 19.7 Å². The molecule has 1 amide bonds. The maximum absolute atomic E-state index is 13.7. The zero-order valence-electron chi connectivity index (χ0n) is 14.4. The van der Waals surface area contributed by atoms with Crippen LogP contribution in [0, 0.1) is 11.6 Å². The number of fused-ring (bicyclic) bond motifs is 1. The molecule has 0 fully saturated rings. The predicted molar refractivity (Wildman–Crippen MR) is 94.1 cm³/mol. The third-order valence-electron chi connectivity index (χ3n) is 4.47. The summed E-state index contributed by atoms with van der Waals surface area (Å²) in [5.41, 5.74) is 1.58. The molecule has 0 atom stereocenters. The van der Waals surface area contributed by atoms with Gasteiger partial charge < -0.3 is 9.64 Å². The molecule has 4 rings (SSSR count). The summed E-state index contributed by atoms with van der Waals surface area (Å²) in [6.45, 7) is 1.41. The Hall–Kier alpha value is -3.22. The van der Waals surface area contributed by atoms with Gasteiger partial charge >= 0.3 is 0 Å². The van der Waals surface area contributed by atoms with E-state index in [-0.39, 0.29) is 18.3 Å². The predicted octanol–water partition coefficient (Wildman–Crippen LogP) is 3.40. The highest BCUT2D eigenvalue weighted by atomic mass is 19.1. The lowest BCUT2D eigenvalue weighted by molar-refractivity contribution is 0.0705.